The van der Waals surface area contributed by atoms with Gasteiger partial charge in [0.15, 0.2) is 6.61 Å². The first-order valence-electron chi connectivity index (χ1n) is 9.62. The van der Waals surface area contributed by atoms with Gasteiger partial charge in [0.2, 0.25) is 5.91 Å². The third-order valence-corrected chi connectivity index (χ3v) is 4.70. The summed E-state index contributed by atoms with van der Waals surface area (Å²) in [6.45, 7) is 9.75. The van der Waals surface area contributed by atoms with Crippen LogP contribution in [0.2, 0.25) is 0 Å². The molecule has 2 aromatic carbocycles. The maximum Gasteiger partial charge on any atom is 0.261 e. The molecule has 0 aliphatic carbocycles. The molecule has 2 amide bonds. The van der Waals surface area contributed by atoms with Gasteiger partial charge in [-0.25, -0.2) is 0 Å². The van der Waals surface area contributed by atoms with E-state index in [1.165, 1.54) is 0 Å². The smallest absolute Gasteiger partial charge is 0.261 e. The van der Waals surface area contributed by atoms with Gasteiger partial charge in [-0.05, 0) is 57.4 Å². The minimum absolute atomic E-state index is 0.00909. The van der Waals surface area contributed by atoms with Gasteiger partial charge in [-0.3, -0.25) is 9.59 Å². The van der Waals surface area contributed by atoms with Crippen LogP contribution in [0.5, 0.6) is 5.75 Å². The Labute approximate surface area is 167 Å². The fourth-order valence-corrected chi connectivity index (χ4v) is 2.87. The van der Waals surface area contributed by atoms with Crippen LogP contribution in [-0.4, -0.2) is 35.4 Å². The molecule has 5 nitrogen and oxygen atoms in total. The lowest BCUT2D eigenvalue weighted by Crippen LogP contribution is -2.50. The maximum atomic E-state index is 13.0. The predicted octanol–water partition coefficient (Wildman–Crippen LogP) is 3.62. The van der Waals surface area contributed by atoms with Crippen LogP contribution in [0.1, 0.15) is 37.5 Å². The van der Waals surface area contributed by atoms with Gasteiger partial charge in [-0.1, -0.05) is 42.5 Å². The summed E-state index contributed by atoms with van der Waals surface area (Å²) in [6.07, 6.45) is 0. The van der Waals surface area contributed by atoms with Gasteiger partial charge >= 0.3 is 0 Å². The number of hydrogen-bond acceptors (Lipinski definition) is 3. The number of hydrogen-bond donors (Lipinski definition) is 1. The first-order valence-corrected chi connectivity index (χ1v) is 9.62. The van der Waals surface area contributed by atoms with Gasteiger partial charge in [0.1, 0.15) is 11.8 Å². The zero-order chi connectivity index (χ0) is 20.7. The second kappa shape index (κ2) is 9.93. The summed E-state index contributed by atoms with van der Waals surface area (Å²) in [5.74, 6) is 0.287. The highest BCUT2D eigenvalue weighted by atomic mass is 16.5. The van der Waals surface area contributed by atoms with E-state index in [-0.39, 0.29) is 24.5 Å². The molecule has 5 heteroatoms. The highest BCUT2D eigenvalue weighted by Crippen LogP contribution is 2.21. The minimum atomic E-state index is -0.600. The Kier molecular flexibility index (Phi) is 7.61. The number of benzene rings is 2. The second-order valence-corrected chi connectivity index (χ2v) is 7.33. The number of rotatable bonds is 8. The van der Waals surface area contributed by atoms with E-state index in [4.69, 9.17) is 4.74 Å². The average molecular weight is 383 g/mol. The van der Waals surface area contributed by atoms with E-state index in [2.05, 4.69) is 5.32 Å². The number of aryl methyl sites for hydroxylation is 1. The SMILES string of the molecule is Cc1cccc(OCC(=O)N(Cc2ccccc2)[C@@H](C)C(=O)NC(C)C)c1C. The molecule has 0 bridgehead atoms. The fraction of sp³-hybridized carbons (Fsp3) is 0.391. The summed E-state index contributed by atoms with van der Waals surface area (Å²) in [7, 11) is 0. The average Bonchev–Trinajstić information content (AvgIpc) is 2.66. The van der Waals surface area contributed by atoms with Crippen molar-refractivity contribution in [3.05, 3.63) is 65.2 Å². The van der Waals surface area contributed by atoms with Crippen LogP contribution in [0.15, 0.2) is 48.5 Å². The van der Waals surface area contributed by atoms with E-state index in [0.717, 1.165) is 16.7 Å². The molecule has 0 aliphatic rings. The third-order valence-electron chi connectivity index (χ3n) is 4.70. The van der Waals surface area contributed by atoms with Crippen molar-refractivity contribution in [3.63, 3.8) is 0 Å². The topological polar surface area (TPSA) is 58.6 Å². The van der Waals surface area contributed by atoms with Gasteiger partial charge in [-0.15, -0.1) is 0 Å². The van der Waals surface area contributed by atoms with E-state index in [1.54, 1.807) is 11.8 Å². The second-order valence-electron chi connectivity index (χ2n) is 7.33. The molecule has 0 aliphatic heterocycles. The summed E-state index contributed by atoms with van der Waals surface area (Å²) in [5.41, 5.74) is 3.08. The molecule has 0 unspecified atom stereocenters. The van der Waals surface area contributed by atoms with Crippen molar-refractivity contribution in [2.45, 2.75) is 53.2 Å². The van der Waals surface area contributed by atoms with E-state index < -0.39 is 6.04 Å². The highest BCUT2D eigenvalue weighted by Gasteiger charge is 2.27. The van der Waals surface area contributed by atoms with Gasteiger partial charge in [0, 0.05) is 12.6 Å². The Morgan fingerprint density at radius 3 is 2.32 bits per heavy atom. The Hall–Kier alpha value is -2.82. The van der Waals surface area contributed by atoms with Gasteiger partial charge in [-0.2, -0.15) is 0 Å². The van der Waals surface area contributed by atoms with E-state index in [9.17, 15) is 9.59 Å². The summed E-state index contributed by atoms with van der Waals surface area (Å²) < 4.78 is 5.79. The zero-order valence-corrected chi connectivity index (χ0v) is 17.4. The summed E-state index contributed by atoms with van der Waals surface area (Å²) in [6, 6.07) is 14.8. The van der Waals surface area contributed by atoms with Crippen LogP contribution < -0.4 is 10.1 Å². The normalized spacial score (nSPS) is 11.8. The van der Waals surface area contributed by atoms with Crippen molar-refractivity contribution in [1.82, 2.24) is 10.2 Å². The van der Waals surface area contributed by atoms with Crippen molar-refractivity contribution >= 4 is 11.8 Å². The van der Waals surface area contributed by atoms with E-state index in [0.29, 0.717) is 12.3 Å². The predicted molar refractivity (Wildman–Crippen MR) is 111 cm³/mol. The molecular formula is C23H30N2O3. The number of carbonyl (C=O) groups is 2. The van der Waals surface area contributed by atoms with Crippen LogP contribution in [0.25, 0.3) is 0 Å². The first-order chi connectivity index (χ1) is 13.3. The lowest BCUT2D eigenvalue weighted by atomic mass is 10.1. The van der Waals surface area contributed by atoms with Crippen molar-refractivity contribution in [1.29, 1.82) is 0 Å². The molecule has 0 fully saturated rings. The van der Waals surface area contributed by atoms with E-state index >= 15 is 0 Å². The monoisotopic (exact) mass is 382 g/mol. The fourth-order valence-electron chi connectivity index (χ4n) is 2.87. The summed E-state index contributed by atoms with van der Waals surface area (Å²) in [5, 5.41) is 2.88. The molecular weight excluding hydrogens is 352 g/mol. The molecule has 2 aromatic rings. The molecule has 0 radical (unpaired) electrons. The molecule has 0 heterocycles. The molecule has 1 atom stereocenters. The molecule has 0 spiro atoms. The Bertz CT molecular complexity index is 803. The first kappa shape index (κ1) is 21.5. The summed E-state index contributed by atoms with van der Waals surface area (Å²) >= 11 is 0. The molecule has 1 N–H and O–H groups in total. The molecule has 150 valence electrons. The van der Waals surface area contributed by atoms with Gasteiger partial charge in [0.05, 0.1) is 0 Å². The lowest BCUT2D eigenvalue weighted by molar-refractivity contribution is -0.142. The number of ether oxygens (including phenoxy) is 1. The third kappa shape index (κ3) is 5.84. The van der Waals surface area contributed by atoms with E-state index in [1.807, 2.05) is 76.2 Å². The molecule has 0 aromatic heterocycles. The number of carbonyl (C=O) groups excluding carboxylic acids is 2. The zero-order valence-electron chi connectivity index (χ0n) is 17.4. The molecule has 0 saturated heterocycles. The standard InChI is InChI=1S/C23H30N2O3/c1-16(2)24-23(27)19(5)25(14-20-11-7-6-8-12-20)22(26)15-28-21-13-9-10-17(3)18(21)4/h6-13,16,19H,14-15H2,1-5H3,(H,24,27)/t19-/m0/s1. The van der Waals surface area contributed by atoms with Crippen molar-refractivity contribution < 1.29 is 14.3 Å². The van der Waals surface area contributed by atoms with Gasteiger partial charge in [0.25, 0.3) is 5.91 Å². The maximum absolute atomic E-state index is 13.0. The van der Waals surface area contributed by atoms with Crippen LogP contribution in [0.3, 0.4) is 0 Å². The number of nitrogens with zero attached hydrogens (tertiary/aromatic N) is 1. The Morgan fingerprint density at radius 1 is 1.00 bits per heavy atom. The Balaban J connectivity index is 2.15. The largest absolute Gasteiger partial charge is 0.483 e. The van der Waals surface area contributed by atoms with Crippen LogP contribution in [-0.2, 0) is 16.1 Å². The van der Waals surface area contributed by atoms with Crippen LogP contribution >= 0.6 is 0 Å². The Morgan fingerprint density at radius 2 is 1.68 bits per heavy atom. The van der Waals surface area contributed by atoms with Crippen molar-refractivity contribution in [2.75, 3.05) is 6.61 Å². The quantitative estimate of drug-likeness (QED) is 0.759. The highest BCUT2D eigenvalue weighted by molar-refractivity contribution is 5.88. The lowest BCUT2D eigenvalue weighted by Gasteiger charge is -2.29. The van der Waals surface area contributed by atoms with Crippen LogP contribution in [0.4, 0.5) is 0 Å². The molecule has 28 heavy (non-hydrogen) atoms. The number of nitrogens with one attached hydrogen (secondary N) is 1. The minimum Gasteiger partial charge on any atom is -0.483 e. The van der Waals surface area contributed by atoms with Crippen molar-refractivity contribution in [3.8, 4) is 5.75 Å². The molecule has 0 saturated carbocycles. The summed E-state index contributed by atoms with van der Waals surface area (Å²) in [4.78, 5) is 27.1. The number of amides is 2. The van der Waals surface area contributed by atoms with Crippen LogP contribution in [0, 0.1) is 13.8 Å². The van der Waals surface area contributed by atoms with Crippen molar-refractivity contribution in [2.24, 2.45) is 0 Å². The molecule has 2 rings (SSSR count). The van der Waals surface area contributed by atoms with Gasteiger partial charge < -0.3 is 15.0 Å².